The van der Waals surface area contributed by atoms with Crippen LogP contribution in [0.5, 0.6) is 23.0 Å². The zero-order valence-electron chi connectivity index (χ0n) is 15.3. The number of carbonyl (C=O) groups is 2. The lowest BCUT2D eigenvalue weighted by Gasteiger charge is -2.37. The van der Waals surface area contributed by atoms with E-state index in [1.165, 1.54) is 18.2 Å². The smallest absolute Gasteiger partial charge is 0.340 e. The number of ketones is 1. The van der Waals surface area contributed by atoms with E-state index in [0.29, 0.717) is 16.7 Å². The molecule has 150 valence electrons. The van der Waals surface area contributed by atoms with Crippen LogP contribution in [0.4, 0.5) is 5.69 Å². The van der Waals surface area contributed by atoms with E-state index < -0.39 is 11.6 Å². The molecule has 30 heavy (non-hydrogen) atoms. The van der Waals surface area contributed by atoms with E-state index in [1.807, 2.05) is 22.6 Å². The van der Waals surface area contributed by atoms with E-state index in [9.17, 15) is 19.8 Å². The summed E-state index contributed by atoms with van der Waals surface area (Å²) in [5.41, 5.74) is 6.49. The molecule has 0 saturated heterocycles. The quantitative estimate of drug-likeness (QED) is 0.156. The van der Waals surface area contributed by atoms with Crippen LogP contribution in [0, 0.1) is 0 Å². The van der Waals surface area contributed by atoms with Gasteiger partial charge in [-0.15, -0.1) is 0 Å². The van der Waals surface area contributed by atoms with Crippen molar-refractivity contribution in [2.24, 2.45) is 0 Å². The van der Waals surface area contributed by atoms with Crippen LogP contribution in [-0.2, 0) is 10.3 Å². The number of carbonyl (C=O) groups excluding carboxylic acids is 2. The van der Waals surface area contributed by atoms with E-state index in [1.54, 1.807) is 30.3 Å². The van der Waals surface area contributed by atoms with Crippen molar-refractivity contribution < 1.29 is 29.3 Å². The van der Waals surface area contributed by atoms with Gasteiger partial charge in [0.1, 0.15) is 23.0 Å². The maximum absolute atomic E-state index is 12.8. The molecule has 1 atom stereocenters. The average Bonchev–Trinajstić information content (AvgIpc) is 3.00. The second-order valence-corrected chi connectivity index (χ2v) is 7.78. The Hall–Kier alpha value is -3.27. The van der Waals surface area contributed by atoms with Crippen LogP contribution in [0.2, 0.25) is 0 Å². The Kier molecular flexibility index (Phi) is 3.97. The number of hydrogen-bond donors (Lipinski definition) is 3. The lowest BCUT2D eigenvalue weighted by atomic mass is 9.76. The molecule has 2 heterocycles. The van der Waals surface area contributed by atoms with E-state index in [4.69, 9.17) is 15.2 Å². The number of alkyl halides is 1. The summed E-state index contributed by atoms with van der Waals surface area (Å²) in [6.07, 6.45) is 0. The molecule has 3 aromatic carbocycles. The van der Waals surface area contributed by atoms with Gasteiger partial charge in [-0.3, -0.25) is 4.79 Å². The number of fused-ring (bicyclic) bond motifs is 6. The second kappa shape index (κ2) is 6.36. The van der Waals surface area contributed by atoms with E-state index in [-0.39, 0.29) is 50.0 Å². The number of nitrogens with two attached hydrogens (primary N) is 1. The van der Waals surface area contributed by atoms with E-state index >= 15 is 0 Å². The van der Waals surface area contributed by atoms with Crippen molar-refractivity contribution in [2.45, 2.75) is 5.60 Å². The van der Waals surface area contributed by atoms with Crippen LogP contribution in [0.25, 0.3) is 0 Å². The molecular weight excluding hydrogens is 501 g/mol. The highest BCUT2D eigenvalue weighted by Crippen LogP contribution is 2.59. The van der Waals surface area contributed by atoms with E-state index in [0.717, 1.165) is 0 Å². The first-order valence-corrected chi connectivity index (χ1v) is 10.5. The third-order valence-electron chi connectivity index (χ3n) is 5.40. The summed E-state index contributed by atoms with van der Waals surface area (Å²) in [6.45, 7) is 0. The number of halogens is 1. The van der Waals surface area contributed by atoms with Crippen molar-refractivity contribution in [1.82, 2.24) is 0 Å². The van der Waals surface area contributed by atoms with Crippen LogP contribution in [0.15, 0.2) is 48.5 Å². The van der Waals surface area contributed by atoms with Crippen molar-refractivity contribution >= 4 is 40.0 Å². The molecular formula is C22H14INO6. The van der Waals surface area contributed by atoms with Crippen molar-refractivity contribution in [3.05, 3.63) is 76.3 Å². The molecule has 2 aliphatic heterocycles. The molecule has 0 fully saturated rings. The molecule has 3 aromatic rings. The van der Waals surface area contributed by atoms with Crippen LogP contribution in [0.3, 0.4) is 0 Å². The first-order chi connectivity index (χ1) is 14.4. The molecule has 4 N–H and O–H groups in total. The lowest BCUT2D eigenvalue weighted by Crippen LogP contribution is -2.34. The van der Waals surface area contributed by atoms with Gasteiger partial charge in [-0.2, -0.15) is 0 Å². The fraction of sp³-hybridized carbons (Fsp3) is 0.0909. The molecule has 1 spiro atoms. The highest BCUT2D eigenvalue weighted by Gasteiger charge is 2.55. The normalized spacial score (nSPS) is 18.2. The molecule has 0 bridgehead atoms. The Morgan fingerprint density at radius 1 is 1.07 bits per heavy atom. The third kappa shape index (κ3) is 2.30. The Morgan fingerprint density at radius 3 is 2.60 bits per heavy atom. The third-order valence-corrected chi connectivity index (χ3v) is 6.09. The fourth-order valence-electron chi connectivity index (χ4n) is 4.21. The molecule has 7 nitrogen and oxygen atoms in total. The van der Waals surface area contributed by atoms with Crippen molar-refractivity contribution in [3.63, 3.8) is 0 Å². The van der Waals surface area contributed by atoms with Gasteiger partial charge < -0.3 is 25.4 Å². The minimum absolute atomic E-state index is 0.0186. The largest absolute Gasteiger partial charge is 0.508 e. The number of benzene rings is 3. The summed E-state index contributed by atoms with van der Waals surface area (Å²) in [7, 11) is 0. The molecule has 0 radical (unpaired) electrons. The Labute approximate surface area is 184 Å². The minimum Gasteiger partial charge on any atom is -0.508 e. The van der Waals surface area contributed by atoms with Gasteiger partial charge >= 0.3 is 5.97 Å². The number of nitrogen functional groups attached to an aromatic ring is 1. The Balaban J connectivity index is 1.94. The van der Waals surface area contributed by atoms with Crippen molar-refractivity contribution in [1.29, 1.82) is 0 Å². The number of Topliss-reactive ketones (excluding diaryl/α,β-unsaturated/α-hetero) is 1. The maximum Gasteiger partial charge on any atom is 0.340 e. The molecule has 0 amide bonds. The van der Waals surface area contributed by atoms with Crippen LogP contribution >= 0.6 is 22.6 Å². The Morgan fingerprint density at radius 2 is 1.83 bits per heavy atom. The molecule has 0 aliphatic carbocycles. The number of ether oxygens (including phenoxy) is 2. The zero-order valence-corrected chi connectivity index (χ0v) is 17.5. The molecule has 1 unspecified atom stereocenters. The van der Waals surface area contributed by atoms with Gasteiger partial charge in [0, 0.05) is 23.3 Å². The summed E-state index contributed by atoms with van der Waals surface area (Å²) < 4.78 is 12.0. The summed E-state index contributed by atoms with van der Waals surface area (Å²) in [6, 6.07) is 12.6. The van der Waals surface area contributed by atoms with Gasteiger partial charge in [-0.1, -0.05) is 40.8 Å². The predicted octanol–water partition coefficient (Wildman–Crippen LogP) is 3.87. The summed E-state index contributed by atoms with van der Waals surface area (Å²) in [5, 5.41) is 20.5. The number of aromatic hydroxyl groups is 2. The molecule has 0 aromatic heterocycles. The molecule has 8 heteroatoms. The zero-order chi connectivity index (χ0) is 21.2. The van der Waals surface area contributed by atoms with Crippen LogP contribution in [0.1, 0.15) is 37.4 Å². The van der Waals surface area contributed by atoms with Gasteiger partial charge in [0.2, 0.25) is 0 Å². The second-order valence-electron chi connectivity index (χ2n) is 7.01. The molecule has 2 aliphatic rings. The fourth-order valence-corrected chi connectivity index (χ4v) is 4.59. The topological polar surface area (TPSA) is 119 Å². The van der Waals surface area contributed by atoms with Gasteiger partial charge in [-0.05, 0) is 18.2 Å². The number of rotatable bonds is 2. The van der Waals surface area contributed by atoms with Crippen LogP contribution < -0.4 is 10.5 Å². The number of phenols is 2. The number of phenolic OH excluding ortho intramolecular Hbond substituents is 2. The monoisotopic (exact) mass is 515 g/mol. The van der Waals surface area contributed by atoms with Crippen molar-refractivity contribution in [2.75, 3.05) is 10.2 Å². The highest BCUT2D eigenvalue weighted by atomic mass is 127. The SMILES string of the molecule is Nc1c(C(=O)CI)c(O)cc2c1C1(OC(=O)c3ccccc31)c1ccc(O)cc1O2. The van der Waals surface area contributed by atoms with Crippen LogP contribution in [-0.4, -0.2) is 26.4 Å². The summed E-state index contributed by atoms with van der Waals surface area (Å²) in [4.78, 5) is 25.3. The number of esters is 1. The first kappa shape index (κ1) is 18.7. The molecule has 5 rings (SSSR count). The maximum atomic E-state index is 12.8. The standard InChI is InChI=1S/C22H14INO6/c23-9-15(27)18-14(26)8-17-19(20(18)24)22(13-6-5-10(25)7-16(13)29-17)12-4-2-1-3-11(12)21(28)30-22/h1-8,25-26H,9,24H2. The number of anilines is 1. The summed E-state index contributed by atoms with van der Waals surface area (Å²) in [5.74, 6) is -0.899. The minimum atomic E-state index is -1.48. The first-order valence-electron chi connectivity index (χ1n) is 8.97. The van der Waals surface area contributed by atoms with Gasteiger partial charge in [0.15, 0.2) is 11.4 Å². The summed E-state index contributed by atoms with van der Waals surface area (Å²) >= 11 is 1.89. The predicted molar refractivity (Wildman–Crippen MR) is 116 cm³/mol. The average molecular weight is 515 g/mol. The van der Waals surface area contributed by atoms with Gasteiger partial charge in [0.05, 0.1) is 26.8 Å². The number of hydrogen-bond acceptors (Lipinski definition) is 7. The van der Waals surface area contributed by atoms with E-state index in [2.05, 4.69) is 0 Å². The van der Waals surface area contributed by atoms with Gasteiger partial charge in [-0.25, -0.2) is 4.79 Å². The Bertz CT molecular complexity index is 1270. The highest BCUT2D eigenvalue weighted by molar-refractivity contribution is 14.1. The lowest BCUT2D eigenvalue weighted by molar-refractivity contribution is 0.0227. The van der Waals surface area contributed by atoms with Crippen molar-refractivity contribution in [3.8, 4) is 23.0 Å². The molecule has 0 saturated carbocycles. The van der Waals surface area contributed by atoms with Gasteiger partial charge in [0.25, 0.3) is 0 Å².